The third-order valence-corrected chi connectivity index (χ3v) is 4.10. The van der Waals surface area contributed by atoms with Crippen molar-refractivity contribution >= 4 is 22.6 Å². The van der Waals surface area contributed by atoms with Crippen molar-refractivity contribution in [2.75, 3.05) is 11.4 Å². The number of para-hydroxylation sites is 3. The number of carbonyl (C=O) groups excluding carboxylic acids is 1. The Balaban J connectivity index is 2.09. The highest BCUT2D eigenvalue weighted by Gasteiger charge is 2.37. The summed E-state index contributed by atoms with van der Waals surface area (Å²) in [6.07, 6.45) is -4.91. The molecule has 0 aliphatic heterocycles. The zero-order valence-corrected chi connectivity index (χ0v) is 14.4. The van der Waals surface area contributed by atoms with Gasteiger partial charge in [-0.15, -0.1) is 0 Å². The lowest BCUT2D eigenvalue weighted by atomic mass is 10.2. The number of anilines is 1. The van der Waals surface area contributed by atoms with Gasteiger partial charge in [-0.3, -0.25) is 14.2 Å². The van der Waals surface area contributed by atoms with Gasteiger partial charge in [0, 0.05) is 12.2 Å². The van der Waals surface area contributed by atoms with Gasteiger partial charge >= 0.3 is 6.18 Å². The molecule has 0 atom stereocenters. The lowest BCUT2D eigenvalue weighted by Gasteiger charge is -2.22. The average molecular weight is 375 g/mol. The second kappa shape index (κ2) is 7.22. The molecule has 0 spiro atoms. The molecule has 3 rings (SSSR count). The fourth-order valence-corrected chi connectivity index (χ4v) is 2.87. The molecule has 0 saturated carbocycles. The molecule has 0 bridgehead atoms. The molecule has 0 radical (unpaired) electrons. The van der Waals surface area contributed by atoms with E-state index in [9.17, 15) is 22.8 Å². The summed E-state index contributed by atoms with van der Waals surface area (Å²) in [4.78, 5) is 30.1. The van der Waals surface area contributed by atoms with Gasteiger partial charge in [-0.05, 0) is 31.2 Å². The number of nitrogens with zero attached hydrogens (tertiary/aromatic N) is 3. The Kier molecular flexibility index (Phi) is 4.98. The largest absolute Gasteiger partial charge is 0.438 e. The Morgan fingerprint density at radius 3 is 2.33 bits per heavy atom. The summed E-state index contributed by atoms with van der Waals surface area (Å²) in [5.41, 5.74) is -2.09. The van der Waals surface area contributed by atoms with Crippen LogP contribution >= 0.6 is 0 Å². The van der Waals surface area contributed by atoms with Crippen molar-refractivity contribution in [3.8, 4) is 0 Å². The smallest absolute Gasteiger partial charge is 0.311 e. The van der Waals surface area contributed by atoms with E-state index < -0.39 is 29.9 Å². The third kappa shape index (κ3) is 3.69. The van der Waals surface area contributed by atoms with Gasteiger partial charge in [-0.25, -0.2) is 4.98 Å². The number of aromatic nitrogens is 2. The van der Waals surface area contributed by atoms with Crippen molar-refractivity contribution in [3.63, 3.8) is 0 Å². The van der Waals surface area contributed by atoms with Crippen molar-refractivity contribution < 1.29 is 18.0 Å². The maximum Gasteiger partial charge on any atom is 0.438 e. The number of halogens is 3. The third-order valence-electron chi connectivity index (χ3n) is 4.10. The van der Waals surface area contributed by atoms with Gasteiger partial charge in [0.15, 0.2) is 0 Å². The molecule has 5 nitrogen and oxygen atoms in total. The van der Waals surface area contributed by atoms with Crippen LogP contribution in [0.5, 0.6) is 0 Å². The molecule has 27 heavy (non-hydrogen) atoms. The highest BCUT2D eigenvalue weighted by Crippen LogP contribution is 2.26. The molecule has 0 aliphatic carbocycles. The highest BCUT2D eigenvalue weighted by atomic mass is 19.4. The normalized spacial score (nSPS) is 11.6. The van der Waals surface area contributed by atoms with Crippen LogP contribution in [0, 0.1) is 0 Å². The van der Waals surface area contributed by atoms with Crippen molar-refractivity contribution in [1.29, 1.82) is 0 Å². The number of benzene rings is 2. The fraction of sp³-hybridized carbons (Fsp3) is 0.211. The first kappa shape index (κ1) is 18.6. The van der Waals surface area contributed by atoms with Gasteiger partial charge in [-0.2, -0.15) is 13.2 Å². The van der Waals surface area contributed by atoms with Crippen LogP contribution in [0.15, 0.2) is 59.4 Å². The Hall–Kier alpha value is -3.16. The van der Waals surface area contributed by atoms with Crippen LogP contribution in [0.4, 0.5) is 18.9 Å². The lowest BCUT2D eigenvalue weighted by molar-refractivity contribution is -0.142. The molecule has 2 aromatic carbocycles. The molecule has 0 unspecified atom stereocenters. The molecule has 0 fully saturated rings. The van der Waals surface area contributed by atoms with Gasteiger partial charge in [0.2, 0.25) is 11.6 Å². The number of alkyl halides is 3. The second-order valence-corrected chi connectivity index (χ2v) is 5.81. The molecular weight excluding hydrogens is 359 g/mol. The summed E-state index contributed by atoms with van der Waals surface area (Å²) in [7, 11) is 0. The predicted molar refractivity (Wildman–Crippen MR) is 95.5 cm³/mol. The first-order valence-electron chi connectivity index (χ1n) is 8.25. The minimum atomic E-state index is -4.91. The van der Waals surface area contributed by atoms with Gasteiger partial charge in [0.1, 0.15) is 6.54 Å². The second-order valence-electron chi connectivity index (χ2n) is 5.81. The molecule has 3 aromatic rings. The maximum atomic E-state index is 13.2. The minimum Gasteiger partial charge on any atom is -0.311 e. The van der Waals surface area contributed by atoms with E-state index in [2.05, 4.69) is 4.98 Å². The molecule has 0 saturated heterocycles. The minimum absolute atomic E-state index is 0.0000143. The molecule has 8 heteroatoms. The van der Waals surface area contributed by atoms with E-state index in [0.29, 0.717) is 12.2 Å². The van der Waals surface area contributed by atoms with Crippen molar-refractivity contribution in [3.05, 3.63) is 70.6 Å². The number of rotatable bonds is 4. The molecule has 0 N–H and O–H groups in total. The summed E-state index contributed by atoms with van der Waals surface area (Å²) in [5, 5.41) is 0. The van der Waals surface area contributed by atoms with Gasteiger partial charge in [0.25, 0.3) is 5.56 Å². The monoisotopic (exact) mass is 375 g/mol. The van der Waals surface area contributed by atoms with Gasteiger partial charge < -0.3 is 4.90 Å². The van der Waals surface area contributed by atoms with Crippen molar-refractivity contribution in [2.24, 2.45) is 0 Å². The van der Waals surface area contributed by atoms with Crippen molar-refractivity contribution in [2.45, 2.75) is 19.6 Å². The first-order chi connectivity index (χ1) is 12.8. The average Bonchev–Trinajstić information content (AvgIpc) is 2.64. The van der Waals surface area contributed by atoms with Crippen LogP contribution in [0.25, 0.3) is 11.0 Å². The molecule has 1 heterocycles. The molecule has 140 valence electrons. The fourth-order valence-electron chi connectivity index (χ4n) is 2.87. The quantitative estimate of drug-likeness (QED) is 0.702. The highest BCUT2D eigenvalue weighted by molar-refractivity contribution is 5.93. The van der Waals surface area contributed by atoms with Crippen LogP contribution in [0.2, 0.25) is 0 Å². The van der Waals surface area contributed by atoms with Gasteiger partial charge in [0.05, 0.1) is 11.0 Å². The number of likely N-dealkylation sites (N-methyl/N-ethyl adjacent to an activating group) is 1. The topological polar surface area (TPSA) is 55.2 Å². The number of carbonyl (C=O) groups is 1. The lowest BCUT2D eigenvalue weighted by Crippen LogP contribution is -2.38. The Morgan fingerprint density at radius 2 is 1.70 bits per heavy atom. The van der Waals surface area contributed by atoms with E-state index in [-0.39, 0.29) is 11.0 Å². The molecule has 1 amide bonds. The van der Waals surface area contributed by atoms with Crippen LogP contribution in [-0.4, -0.2) is 22.0 Å². The number of hydrogen-bond acceptors (Lipinski definition) is 3. The zero-order valence-electron chi connectivity index (χ0n) is 14.4. The van der Waals surface area contributed by atoms with Crippen LogP contribution in [0.3, 0.4) is 0 Å². The van der Waals surface area contributed by atoms with Crippen molar-refractivity contribution in [1.82, 2.24) is 9.55 Å². The summed E-state index contributed by atoms with van der Waals surface area (Å²) in [5.74, 6) is -0.490. The number of fused-ring (bicyclic) bond motifs is 1. The molecule has 0 aliphatic rings. The standard InChI is InChI=1S/C19H16F3N3O2/c1-2-24(13-8-4-3-5-9-13)16(26)12-25-15-11-7-6-10-14(15)23-17(18(25)27)19(20,21)22/h3-11H,2,12H2,1H3. The Labute approximate surface area is 152 Å². The number of hydrogen-bond donors (Lipinski definition) is 0. The predicted octanol–water partition coefficient (Wildman–Crippen LogP) is 3.47. The molecular formula is C19H16F3N3O2. The Morgan fingerprint density at radius 1 is 1.07 bits per heavy atom. The van der Waals surface area contributed by atoms with E-state index in [1.807, 2.05) is 0 Å². The maximum absolute atomic E-state index is 13.2. The summed E-state index contributed by atoms with van der Waals surface area (Å²) < 4.78 is 40.5. The van der Waals surface area contributed by atoms with Crippen LogP contribution in [-0.2, 0) is 17.5 Å². The van der Waals surface area contributed by atoms with E-state index in [1.54, 1.807) is 43.3 Å². The number of amides is 1. The SMILES string of the molecule is CCN(C(=O)Cn1c(=O)c(C(F)(F)F)nc2ccccc21)c1ccccc1. The van der Waals surface area contributed by atoms with E-state index >= 15 is 0 Å². The summed E-state index contributed by atoms with van der Waals surface area (Å²) in [6.45, 7) is 1.54. The van der Waals surface area contributed by atoms with Crippen LogP contribution in [0.1, 0.15) is 12.6 Å². The van der Waals surface area contributed by atoms with Crippen LogP contribution < -0.4 is 10.5 Å². The van der Waals surface area contributed by atoms with E-state index in [4.69, 9.17) is 0 Å². The van der Waals surface area contributed by atoms with Gasteiger partial charge in [-0.1, -0.05) is 30.3 Å². The van der Waals surface area contributed by atoms with E-state index in [0.717, 1.165) is 4.57 Å². The zero-order chi connectivity index (χ0) is 19.6. The Bertz CT molecular complexity index is 1030. The van der Waals surface area contributed by atoms with E-state index in [1.165, 1.54) is 23.1 Å². The molecule has 1 aromatic heterocycles. The first-order valence-corrected chi connectivity index (χ1v) is 8.25. The summed E-state index contributed by atoms with van der Waals surface area (Å²) in [6, 6.07) is 14.7. The summed E-state index contributed by atoms with van der Waals surface area (Å²) >= 11 is 0.